The molecule has 0 aliphatic heterocycles. The second-order valence-electron chi connectivity index (χ2n) is 8.09. The molecular formula is C27H23F3N2O4. The molecule has 1 amide bonds. The molecule has 1 heterocycles. The van der Waals surface area contributed by atoms with E-state index < -0.39 is 29.2 Å². The van der Waals surface area contributed by atoms with Crippen LogP contribution in [0, 0.1) is 0 Å². The monoisotopic (exact) mass is 496 g/mol. The summed E-state index contributed by atoms with van der Waals surface area (Å²) < 4.78 is 49.7. The molecule has 0 bridgehead atoms. The minimum absolute atomic E-state index is 0.0204. The van der Waals surface area contributed by atoms with Crippen molar-refractivity contribution in [2.75, 3.05) is 11.9 Å². The number of halogens is 3. The fourth-order valence-electron chi connectivity index (χ4n) is 4.25. The zero-order valence-electron chi connectivity index (χ0n) is 19.5. The molecule has 0 fully saturated rings. The van der Waals surface area contributed by atoms with Gasteiger partial charge in [0.25, 0.3) is 11.5 Å². The summed E-state index contributed by atoms with van der Waals surface area (Å²) in [7, 11) is 1.53. The van der Waals surface area contributed by atoms with E-state index in [0.717, 1.165) is 0 Å². The van der Waals surface area contributed by atoms with Crippen LogP contribution in [-0.4, -0.2) is 34.3 Å². The second kappa shape index (κ2) is 9.50. The van der Waals surface area contributed by atoms with Crippen LogP contribution in [0.5, 0.6) is 0 Å². The Balaban J connectivity index is 2.01. The van der Waals surface area contributed by atoms with Crippen LogP contribution in [0.15, 0.2) is 78.9 Å². The Morgan fingerprint density at radius 1 is 0.944 bits per heavy atom. The summed E-state index contributed by atoms with van der Waals surface area (Å²) in [4.78, 5) is 25.6. The molecule has 0 radical (unpaired) electrons. The summed E-state index contributed by atoms with van der Waals surface area (Å²) in [5.74, 6) is -2.30. The molecule has 0 saturated heterocycles. The van der Waals surface area contributed by atoms with E-state index in [2.05, 4.69) is 5.32 Å². The molecule has 1 atom stereocenters. The number of anilines is 1. The number of nitrogens with one attached hydrogen (secondary N) is 1. The van der Waals surface area contributed by atoms with Gasteiger partial charge in [-0.1, -0.05) is 54.6 Å². The molecule has 0 aliphatic carbocycles. The summed E-state index contributed by atoms with van der Waals surface area (Å²) >= 11 is 0. The van der Waals surface area contributed by atoms with Crippen molar-refractivity contribution in [3.63, 3.8) is 0 Å². The fourth-order valence-corrected chi connectivity index (χ4v) is 4.25. The molecule has 4 aromatic rings. The van der Waals surface area contributed by atoms with Crippen LogP contribution in [0.3, 0.4) is 0 Å². The molecule has 1 aromatic heterocycles. The Kier molecular flexibility index (Phi) is 6.60. The average molecular weight is 496 g/mol. The Morgan fingerprint density at radius 3 is 2.22 bits per heavy atom. The number of aliphatic hydroxyl groups is 1. The third-order valence-corrected chi connectivity index (χ3v) is 5.92. The quantitative estimate of drug-likeness (QED) is 0.350. The van der Waals surface area contributed by atoms with Crippen molar-refractivity contribution in [1.29, 1.82) is 0 Å². The van der Waals surface area contributed by atoms with Gasteiger partial charge in [-0.15, -0.1) is 0 Å². The SMILES string of the molecule is CCOC(=O)C(O)(c1c(-c2ccccc2NC(=O)c2ccccc2)n(C)c2ccccc12)C(F)(F)F. The van der Waals surface area contributed by atoms with Crippen LogP contribution in [-0.2, 0) is 22.2 Å². The van der Waals surface area contributed by atoms with Gasteiger partial charge in [0.2, 0.25) is 0 Å². The van der Waals surface area contributed by atoms with Gasteiger partial charge in [-0.2, -0.15) is 13.2 Å². The van der Waals surface area contributed by atoms with E-state index in [4.69, 9.17) is 4.74 Å². The van der Waals surface area contributed by atoms with Gasteiger partial charge >= 0.3 is 12.1 Å². The lowest BCUT2D eigenvalue weighted by Crippen LogP contribution is -2.50. The first kappa shape index (κ1) is 25.0. The van der Waals surface area contributed by atoms with Gasteiger partial charge in [-0.3, -0.25) is 4.79 Å². The predicted octanol–water partition coefficient (Wildman–Crippen LogP) is 5.41. The first-order valence-electron chi connectivity index (χ1n) is 11.1. The van der Waals surface area contributed by atoms with Gasteiger partial charge in [-0.25, -0.2) is 4.79 Å². The highest BCUT2D eigenvalue weighted by atomic mass is 19.4. The highest BCUT2D eigenvalue weighted by Crippen LogP contribution is 2.49. The maximum Gasteiger partial charge on any atom is 0.432 e. The number of carbonyl (C=O) groups is 2. The van der Waals surface area contributed by atoms with Crippen molar-refractivity contribution in [3.05, 3.63) is 90.0 Å². The average Bonchev–Trinajstić information content (AvgIpc) is 3.16. The van der Waals surface area contributed by atoms with Crippen molar-refractivity contribution in [3.8, 4) is 11.3 Å². The van der Waals surface area contributed by atoms with Gasteiger partial charge in [0.15, 0.2) is 0 Å². The third-order valence-electron chi connectivity index (χ3n) is 5.92. The van der Waals surface area contributed by atoms with Gasteiger partial charge in [0.05, 0.1) is 18.0 Å². The lowest BCUT2D eigenvalue weighted by Gasteiger charge is -2.29. The standard InChI is InChI=1S/C27H23F3N2O4/c1-3-36-25(34)26(35,27(28,29)30)22-19-14-8-10-16-21(19)32(2)23(22)18-13-7-9-15-20(18)31-24(33)17-11-5-4-6-12-17/h4-16,35H,3H2,1-2H3,(H,31,33). The zero-order valence-corrected chi connectivity index (χ0v) is 19.5. The van der Waals surface area contributed by atoms with Crippen molar-refractivity contribution in [1.82, 2.24) is 4.57 Å². The molecule has 186 valence electrons. The molecule has 0 aliphatic rings. The molecule has 2 N–H and O–H groups in total. The number of alkyl halides is 3. The number of aromatic nitrogens is 1. The van der Waals surface area contributed by atoms with Crippen LogP contribution in [0.25, 0.3) is 22.2 Å². The lowest BCUT2D eigenvalue weighted by atomic mass is 9.87. The summed E-state index contributed by atoms with van der Waals surface area (Å²) in [5.41, 5.74) is -3.65. The number of carbonyl (C=O) groups excluding carboxylic acids is 2. The Hall–Kier alpha value is -4.11. The smallest absolute Gasteiger partial charge is 0.432 e. The number of para-hydroxylation sites is 2. The number of rotatable bonds is 6. The highest BCUT2D eigenvalue weighted by Gasteiger charge is 2.64. The first-order valence-corrected chi connectivity index (χ1v) is 11.1. The molecule has 3 aromatic carbocycles. The van der Waals surface area contributed by atoms with Gasteiger partial charge in [-0.05, 0) is 31.2 Å². The third kappa shape index (κ3) is 4.11. The first-order chi connectivity index (χ1) is 17.1. The molecule has 0 saturated carbocycles. The van der Waals surface area contributed by atoms with E-state index >= 15 is 0 Å². The number of benzene rings is 3. The van der Waals surface area contributed by atoms with Crippen LogP contribution in [0.2, 0.25) is 0 Å². The van der Waals surface area contributed by atoms with E-state index in [0.29, 0.717) is 11.1 Å². The molecule has 4 rings (SSSR count). The number of hydrogen-bond donors (Lipinski definition) is 2. The predicted molar refractivity (Wildman–Crippen MR) is 129 cm³/mol. The van der Waals surface area contributed by atoms with E-state index in [9.17, 15) is 27.9 Å². The summed E-state index contributed by atoms with van der Waals surface area (Å²) in [6.45, 7) is 0.994. The van der Waals surface area contributed by atoms with Crippen molar-refractivity contribution in [2.24, 2.45) is 7.05 Å². The number of fused-ring (bicyclic) bond motifs is 1. The van der Waals surface area contributed by atoms with Crippen LogP contribution < -0.4 is 5.32 Å². The van der Waals surface area contributed by atoms with E-state index in [-0.39, 0.29) is 28.9 Å². The Morgan fingerprint density at radius 2 is 1.56 bits per heavy atom. The molecule has 6 nitrogen and oxygen atoms in total. The summed E-state index contributed by atoms with van der Waals surface area (Å²) in [5, 5.41) is 13.9. The van der Waals surface area contributed by atoms with Crippen LogP contribution in [0.4, 0.5) is 18.9 Å². The largest absolute Gasteiger partial charge is 0.463 e. The number of amides is 1. The second-order valence-corrected chi connectivity index (χ2v) is 8.09. The van der Waals surface area contributed by atoms with Crippen molar-refractivity contribution >= 4 is 28.5 Å². The van der Waals surface area contributed by atoms with Crippen LogP contribution in [0.1, 0.15) is 22.8 Å². The van der Waals surface area contributed by atoms with Gasteiger partial charge in [0, 0.05) is 34.6 Å². The normalized spacial score (nSPS) is 13.3. The van der Waals surface area contributed by atoms with Crippen molar-refractivity contribution < 1.29 is 32.6 Å². The van der Waals surface area contributed by atoms with Gasteiger partial charge in [0.1, 0.15) is 0 Å². The minimum Gasteiger partial charge on any atom is -0.463 e. The molecule has 36 heavy (non-hydrogen) atoms. The number of esters is 1. The lowest BCUT2D eigenvalue weighted by molar-refractivity contribution is -0.267. The number of hydrogen-bond acceptors (Lipinski definition) is 4. The van der Waals surface area contributed by atoms with Crippen molar-refractivity contribution in [2.45, 2.75) is 18.7 Å². The number of ether oxygens (including phenoxy) is 1. The fraction of sp³-hybridized carbons (Fsp3) is 0.185. The number of aryl methyl sites for hydroxylation is 1. The zero-order chi connectivity index (χ0) is 26.1. The molecule has 0 spiro atoms. The van der Waals surface area contributed by atoms with E-state index in [1.165, 1.54) is 42.8 Å². The van der Waals surface area contributed by atoms with Crippen LogP contribution >= 0.6 is 0 Å². The molecule has 1 unspecified atom stereocenters. The Bertz CT molecular complexity index is 1430. The summed E-state index contributed by atoms with van der Waals surface area (Å²) in [6.07, 6.45) is -5.40. The number of nitrogens with zero attached hydrogens (tertiary/aromatic N) is 1. The minimum atomic E-state index is -5.40. The van der Waals surface area contributed by atoms with E-state index in [1.54, 1.807) is 54.6 Å². The molecular weight excluding hydrogens is 473 g/mol. The maximum absolute atomic E-state index is 14.5. The van der Waals surface area contributed by atoms with E-state index in [1.807, 2.05) is 0 Å². The van der Waals surface area contributed by atoms with Gasteiger partial charge < -0.3 is 19.7 Å². The maximum atomic E-state index is 14.5. The Labute approximate surface area is 204 Å². The molecule has 9 heteroatoms. The summed E-state index contributed by atoms with van der Waals surface area (Å²) in [6, 6.07) is 20.7. The topological polar surface area (TPSA) is 80.6 Å². The highest BCUT2D eigenvalue weighted by molar-refractivity contribution is 6.07.